The molecule has 1 N–H and O–H groups in total. The second kappa shape index (κ2) is 8.55. The van der Waals surface area contributed by atoms with E-state index < -0.39 is 29.2 Å². The van der Waals surface area contributed by atoms with Crippen molar-refractivity contribution in [3.8, 4) is 0 Å². The lowest BCUT2D eigenvalue weighted by molar-refractivity contribution is -0.146. The highest BCUT2D eigenvalue weighted by atomic mass is 16.5. The summed E-state index contributed by atoms with van der Waals surface area (Å²) in [7, 11) is 0. The maximum atomic E-state index is 12.4. The fraction of sp³-hybridized carbons (Fsp3) is 0.588. The van der Waals surface area contributed by atoms with Crippen LogP contribution in [0.4, 0.5) is 0 Å². The van der Waals surface area contributed by atoms with Crippen molar-refractivity contribution in [1.82, 2.24) is 0 Å². The Kier molecular flexibility index (Phi) is 7.02. The van der Waals surface area contributed by atoms with Gasteiger partial charge in [-0.2, -0.15) is 0 Å². The van der Waals surface area contributed by atoms with Crippen molar-refractivity contribution in [3.05, 3.63) is 11.3 Å². The third kappa shape index (κ3) is 3.78. The molecule has 0 radical (unpaired) electrons. The fourth-order valence-electron chi connectivity index (χ4n) is 3.15. The molecule has 2 atom stereocenters. The van der Waals surface area contributed by atoms with Crippen LogP contribution < -0.4 is 0 Å². The third-order valence-electron chi connectivity index (χ3n) is 4.38. The molecule has 1 heterocycles. The number of carboxylic acid groups (broad SMARTS) is 1. The van der Waals surface area contributed by atoms with E-state index in [0.29, 0.717) is 6.29 Å². The monoisotopic (exact) mass is 353 g/mol. The molecular formula is C17H23NO7. The van der Waals surface area contributed by atoms with Gasteiger partial charge in [0.25, 0.3) is 0 Å². The van der Waals surface area contributed by atoms with Crippen LogP contribution in [0, 0.1) is 11.3 Å². The first kappa shape index (κ1) is 20.5. The molecule has 2 unspecified atom stereocenters. The highest BCUT2D eigenvalue weighted by Gasteiger charge is 2.54. The Bertz CT molecular complexity index is 635. The highest BCUT2D eigenvalue weighted by Crippen LogP contribution is 2.48. The van der Waals surface area contributed by atoms with Crippen LogP contribution in [0.15, 0.2) is 16.3 Å². The lowest BCUT2D eigenvalue weighted by atomic mass is 9.65. The molecule has 0 aliphatic carbocycles. The summed E-state index contributed by atoms with van der Waals surface area (Å²) < 4.78 is 9.90. The van der Waals surface area contributed by atoms with Gasteiger partial charge in [-0.25, -0.2) is 9.79 Å². The standard InChI is InChI=1S/C17H23NO7/c1-5-17(10(4)15(21)22)11(8-13(20)24-6-2)12(9-19)18-14(17)16(23)25-7-3/h9-10H,5-8H2,1-4H3,(H,21,22). The topological polar surface area (TPSA) is 119 Å². The number of carboxylic acids is 1. The molecule has 0 saturated heterocycles. The molecule has 0 aromatic carbocycles. The van der Waals surface area contributed by atoms with Crippen LogP contribution in [0.1, 0.15) is 40.5 Å². The molecular weight excluding hydrogens is 330 g/mol. The van der Waals surface area contributed by atoms with Crippen LogP contribution in [-0.4, -0.2) is 48.2 Å². The first-order valence-electron chi connectivity index (χ1n) is 8.13. The second-order valence-corrected chi connectivity index (χ2v) is 5.53. The van der Waals surface area contributed by atoms with Gasteiger partial charge in [0.2, 0.25) is 0 Å². The molecule has 138 valence electrons. The number of hydrogen-bond acceptors (Lipinski definition) is 7. The minimum Gasteiger partial charge on any atom is -0.481 e. The molecule has 0 spiro atoms. The zero-order valence-corrected chi connectivity index (χ0v) is 14.8. The van der Waals surface area contributed by atoms with E-state index in [1.807, 2.05) is 0 Å². The van der Waals surface area contributed by atoms with E-state index in [1.165, 1.54) is 6.92 Å². The Balaban J connectivity index is 3.54. The zero-order valence-electron chi connectivity index (χ0n) is 14.8. The molecule has 1 rings (SSSR count). The first-order valence-corrected chi connectivity index (χ1v) is 8.13. The van der Waals surface area contributed by atoms with Gasteiger partial charge in [-0.3, -0.25) is 14.4 Å². The fourth-order valence-corrected chi connectivity index (χ4v) is 3.15. The number of esters is 2. The number of rotatable bonds is 9. The Morgan fingerprint density at radius 2 is 1.80 bits per heavy atom. The van der Waals surface area contributed by atoms with Crippen LogP contribution in [0.25, 0.3) is 0 Å². The molecule has 0 aromatic rings. The van der Waals surface area contributed by atoms with Crippen molar-refractivity contribution in [1.29, 1.82) is 0 Å². The van der Waals surface area contributed by atoms with Crippen molar-refractivity contribution in [3.63, 3.8) is 0 Å². The molecule has 25 heavy (non-hydrogen) atoms. The van der Waals surface area contributed by atoms with Crippen molar-refractivity contribution in [2.75, 3.05) is 13.2 Å². The predicted molar refractivity (Wildman–Crippen MR) is 87.9 cm³/mol. The van der Waals surface area contributed by atoms with Crippen molar-refractivity contribution in [2.24, 2.45) is 16.3 Å². The van der Waals surface area contributed by atoms with Crippen LogP contribution in [0.2, 0.25) is 0 Å². The van der Waals surface area contributed by atoms with Gasteiger partial charge in [-0.1, -0.05) is 13.8 Å². The van der Waals surface area contributed by atoms with Gasteiger partial charge in [-0.15, -0.1) is 0 Å². The van der Waals surface area contributed by atoms with E-state index >= 15 is 0 Å². The number of carbonyl (C=O) groups is 4. The third-order valence-corrected chi connectivity index (χ3v) is 4.38. The molecule has 1 aliphatic heterocycles. The summed E-state index contributed by atoms with van der Waals surface area (Å²) in [6.45, 7) is 6.54. The molecule has 8 heteroatoms. The summed E-state index contributed by atoms with van der Waals surface area (Å²) >= 11 is 0. The second-order valence-electron chi connectivity index (χ2n) is 5.53. The average molecular weight is 353 g/mol. The largest absolute Gasteiger partial charge is 0.481 e. The average Bonchev–Trinajstić information content (AvgIpc) is 2.88. The Hall–Kier alpha value is -2.51. The molecule has 0 fully saturated rings. The summed E-state index contributed by atoms with van der Waals surface area (Å²) in [5.74, 6) is -3.68. The minimum absolute atomic E-state index is 0.0722. The maximum Gasteiger partial charge on any atom is 0.353 e. The Labute approximate surface area is 145 Å². The number of nitrogens with zero attached hydrogens (tertiary/aromatic N) is 1. The number of carbonyl (C=O) groups excluding carboxylic acids is 3. The Morgan fingerprint density at radius 3 is 2.24 bits per heavy atom. The normalized spacial score (nSPS) is 20.7. The van der Waals surface area contributed by atoms with Crippen molar-refractivity contribution in [2.45, 2.75) is 40.5 Å². The van der Waals surface area contributed by atoms with Gasteiger partial charge >= 0.3 is 17.9 Å². The zero-order chi connectivity index (χ0) is 19.2. The number of allylic oxidation sites excluding steroid dienone is 1. The lowest BCUT2D eigenvalue weighted by Gasteiger charge is -2.35. The van der Waals surface area contributed by atoms with Gasteiger partial charge in [0.1, 0.15) is 11.4 Å². The van der Waals surface area contributed by atoms with Gasteiger partial charge in [0.05, 0.1) is 31.0 Å². The van der Waals surface area contributed by atoms with E-state index in [-0.39, 0.29) is 43.0 Å². The van der Waals surface area contributed by atoms with E-state index in [2.05, 4.69) is 4.99 Å². The highest BCUT2D eigenvalue weighted by molar-refractivity contribution is 6.41. The number of ether oxygens (including phenoxy) is 2. The minimum atomic E-state index is -1.40. The van der Waals surface area contributed by atoms with E-state index in [9.17, 15) is 24.3 Å². The van der Waals surface area contributed by atoms with Crippen LogP contribution in [-0.2, 0) is 28.7 Å². The van der Waals surface area contributed by atoms with E-state index in [4.69, 9.17) is 9.47 Å². The number of aliphatic carboxylic acids is 1. The van der Waals surface area contributed by atoms with Crippen molar-refractivity contribution < 1.29 is 33.8 Å². The molecule has 1 aliphatic rings. The predicted octanol–water partition coefficient (Wildman–Crippen LogP) is 1.53. The van der Waals surface area contributed by atoms with E-state index in [0.717, 1.165) is 0 Å². The first-order chi connectivity index (χ1) is 11.8. The number of aliphatic imine (C=N–C) groups is 1. The summed E-state index contributed by atoms with van der Waals surface area (Å²) in [5, 5.41) is 9.55. The van der Waals surface area contributed by atoms with Gasteiger partial charge < -0.3 is 14.6 Å². The molecule has 0 saturated carbocycles. The maximum absolute atomic E-state index is 12.4. The quantitative estimate of drug-likeness (QED) is 0.493. The Morgan fingerprint density at radius 1 is 1.20 bits per heavy atom. The summed E-state index contributed by atoms with van der Waals surface area (Å²) in [4.78, 5) is 51.5. The summed E-state index contributed by atoms with van der Waals surface area (Å²) in [5.41, 5.74) is -1.50. The number of aldehydes is 1. The molecule has 0 bridgehead atoms. The van der Waals surface area contributed by atoms with Crippen LogP contribution in [0.5, 0.6) is 0 Å². The lowest BCUT2D eigenvalue weighted by Crippen LogP contribution is -2.45. The molecule has 0 aromatic heterocycles. The van der Waals surface area contributed by atoms with Gasteiger partial charge in [-0.05, 0) is 25.8 Å². The van der Waals surface area contributed by atoms with Crippen molar-refractivity contribution >= 4 is 29.9 Å². The summed E-state index contributed by atoms with van der Waals surface area (Å²) in [6, 6.07) is 0. The number of hydrogen-bond donors (Lipinski definition) is 1. The van der Waals surface area contributed by atoms with E-state index in [1.54, 1.807) is 20.8 Å². The smallest absolute Gasteiger partial charge is 0.353 e. The molecule has 0 amide bonds. The SMILES string of the molecule is CCOC(=O)CC1=C(C=O)N=C(C(=O)OCC)C1(CC)C(C)C(=O)O. The van der Waals surface area contributed by atoms with Gasteiger partial charge in [0, 0.05) is 0 Å². The van der Waals surface area contributed by atoms with Gasteiger partial charge in [0.15, 0.2) is 6.29 Å². The van der Waals surface area contributed by atoms with Crippen LogP contribution >= 0.6 is 0 Å². The van der Waals surface area contributed by atoms with Crippen LogP contribution in [0.3, 0.4) is 0 Å². The molecule has 8 nitrogen and oxygen atoms in total. The summed E-state index contributed by atoms with van der Waals surface area (Å²) in [6.07, 6.45) is 0.254.